The second-order valence-corrected chi connectivity index (χ2v) is 3.77. The third-order valence-corrected chi connectivity index (χ3v) is 2.75. The van der Waals surface area contributed by atoms with Crippen LogP contribution >= 0.6 is 12.2 Å². The Kier molecular flexibility index (Phi) is 3.39. The van der Waals surface area contributed by atoms with Crippen molar-refractivity contribution in [2.24, 2.45) is 0 Å². The molecule has 0 spiro atoms. The predicted octanol–water partition coefficient (Wildman–Crippen LogP) is 2.82. The average molecular weight is 248 g/mol. The molecule has 2 aromatic rings. The minimum Gasteiger partial charge on any atom is -0.497 e. The van der Waals surface area contributed by atoms with Crippen LogP contribution in [-0.4, -0.2) is 24.2 Å². The summed E-state index contributed by atoms with van der Waals surface area (Å²) < 4.78 is 11.1. The fourth-order valence-corrected chi connectivity index (χ4v) is 1.78. The number of nitrogens with one attached hydrogen (secondary N) is 1. The molecular formula is C12H12N2O2S. The topological polar surface area (TPSA) is 47.1 Å². The molecule has 0 radical (unpaired) electrons. The molecule has 1 aromatic carbocycles. The average Bonchev–Trinajstić information content (AvgIpc) is 2.38. The Morgan fingerprint density at radius 1 is 1.18 bits per heavy atom. The lowest BCUT2D eigenvalue weighted by Gasteiger charge is -2.10. The first-order valence-electron chi connectivity index (χ1n) is 5.01. The van der Waals surface area contributed by atoms with Gasteiger partial charge in [-0.1, -0.05) is 12.2 Å². The molecular weight excluding hydrogens is 236 g/mol. The third-order valence-electron chi connectivity index (χ3n) is 2.42. The highest BCUT2D eigenvalue weighted by Crippen LogP contribution is 2.33. The molecule has 1 N–H and O–H groups in total. The van der Waals surface area contributed by atoms with E-state index in [0.717, 1.165) is 22.6 Å². The van der Waals surface area contributed by atoms with Gasteiger partial charge in [-0.05, 0) is 18.2 Å². The first-order chi connectivity index (χ1) is 8.26. The van der Waals surface area contributed by atoms with Gasteiger partial charge in [0.25, 0.3) is 0 Å². The van der Waals surface area contributed by atoms with Gasteiger partial charge < -0.3 is 14.5 Å². The van der Waals surface area contributed by atoms with Gasteiger partial charge in [0, 0.05) is 17.3 Å². The molecule has 0 atom stereocenters. The maximum atomic E-state index is 5.31. The van der Waals surface area contributed by atoms with Crippen LogP contribution in [0.5, 0.6) is 11.5 Å². The summed E-state index contributed by atoms with van der Waals surface area (Å²) >= 11 is 5.23. The van der Waals surface area contributed by atoms with Gasteiger partial charge in [0.1, 0.15) is 16.1 Å². The van der Waals surface area contributed by atoms with Crippen LogP contribution < -0.4 is 9.47 Å². The van der Waals surface area contributed by atoms with Crippen molar-refractivity contribution in [2.45, 2.75) is 0 Å². The monoisotopic (exact) mass is 248 g/mol. The number of aromatic amines is 1. The van der Waals surface area contributed by atoms with E-state index in [-0.39, 0.29) is 0 Å². The lowest BCUT2D eigenvalue weighted by atomic mass is 10.1. The van der Waals surface area contributed by atoms with E-state index >= 15 is 0 Å². The molecule has 5 heteroatoms. The third kappa shape index (κ3) is 2.29. The minimum atomic E-state index is 0.617. The molecule has 2 rings (SSSR count). The van der Waals surface area contributed by atoms with E-state index in [0.29, 0.717) is 4.64 Å². The van der Waals surface area contributed by atoms with Gasteiger partial charge in [-0.2, -0.15) is 0 Å². The maximum absolute atomic E-state index is 5.31. The highest BCUT2D eigenvalue weighted by Gasteiger charge is 2.09. The number of benzene rings is 1. The number of methoxy groups -OCH3 is 2. The van der Waals surface area contributed by atoms with Crippen molar-refractivity contribution in [3.05, 3.63) is 35.4 Å². The standard InChI is InChI=1S/C12H12N2O2S/c1-15-8-3-4-11(16-2)9(5-8)10-6-13-7-14-12(10)17/h3-7H,1-2H3,(H,13,14,17). The van der Waals surface area contributed by atoms with Crippen molar-refractivity contribution >= 4 is 12.2 Å². The maximum Gasteiger partial charge on any atom is 0.127 e. The van der Waals surface area contributed by atoms with Crippen molar-refractivity contribution in [1.82, 2.24) is 9.97 Å². The quantitative estimate of drug-likeness (QED) is 0.848. The number of nitrogens with zero attached hydrogens (tertiary/aromatic N) is 1. The Bertz CT molecular complexity index is 581. The number of hydrogen-bond acceptors (Lipinski definition) is 4. The van der Waals surface area contributed by atoms with E-state index in [1.165, 1.54) is 0 Å². The molecule has 0 saturated carbocycles. The van der Waals surface area contributed by atoms with Crippen molar-refractivity contribution < 1.29 is 9.47 Å². The Morgan fingerprint density at radius 3 is 2.65 bits per heavy atom. The zero-order valence-corrected chi connectivity index (χ0v) is 10.4. The first kappa shape index (κ1) is 11.6. The van der Waals surface area contributed by atoms with E-state index in [1.807, 2.05) is 18.2 Å². The summed E-state index contributed by atoms with van der Waals surface area (Å²) in [6.07, 6.45) is 3.26. The second-order valence-electron chi connectivity index (χ2n) is 3.36. The predicted molar refractivity (Wildman–Crippen MR) is 68.0 cm³/mol. The van der Waals surface area contributed by atoms with Crippen molar-refractivity contribution in [3.63, 3.8) is 0 Å². The highest BCUT2D eigenvalue weighted by atomic mass is 32.1. The fourth-order valence-electron chi connectivity index (χ4n) is 1.56. The number of rotatable bonds is 3. The summed E-state index contributed by atoms with van der Waals surface area (Å²) in [5, 5.41) is 0. The first-order valence-corrected chi connectivity index (χ1v) is 5.42. The molecule has 0 saturated heterocycles. The van der Waals surface area contributed by atoms with Crippen molar-refractivity contribution in [1.29, 1.82) is 0 Å². The molecule has 0 bridgehead atoms. The summed E-state index contributed by atoms with van der Waals surface area (Å²) in [5.74, 6) is 1.48. The van der Waals surface area contributed by atoms with Crippen molar-refractivity contribution in [3.8, 4) is 22.6 Å². The van der Waals surface area contributed by atoms with Crippen molar-refractivity contribution in [2.75, 3.05) is 14.2 Å². The second kappa shape index (κ2) is 4.97. The van der Waals surface area contributed by atoms with Gasteiger partial charge in [0.15, 0.2) is 0 Å². The molecule has 0 amide bonds. The molecule has 0 aliphatic rings. The Hall–Kier alpha value is -1.88. The van der Waals surface area contributed by atoms with E-state index in [2.05, 4.69) is 9.97 Å². The number of aromatic nitrogens is 2. The molecule has 1 heterocycles. The Labute approximate surface area is 104 Å². The minimum absolute atomic E-state index is 0.617. The van der Waals surface area contributed by atoms with Gasteiger partial charge >= 0.3 is 0 Å². The zero-order chi connectivity index (χ0) is 12.3. The summed E-state index contributed by atoms with van der Waals surface area (Å²) in [4.78, 5) is 6.93. The Morgan fingerprint density at radius 2 is 2.00 bits per heavy atom. The van der Waals surface area contributed by atoms with Crippen LogP contribution in [0, 0.1) is 4.64 Å². The van der Waals surface area contributed by atoms with E-state index in [4.69, 9.17) is 21.7 Å². The molecule has 88 valence electrons. The Balaban J connectivity index is 2.65. The lowest BCUT2D eigenvalue weighted by Crippen LogP contribution is -1.92. The van der Waals surface area contributed by atoms with Gasteiger partial charge in [-0.15, -0.1) is 0 Å². The van der Waals surface area contributed by atoms with Crippen LogP contribution in [0.25, 0.3) is 11.1 Å². The van der Waals surface area contributed by atoms with Gasteiger partial charge in [-0.3, -0.25) is 0 Å². The van der Waals surface area contributed by atoms with Gasteiger partial charge in [0.2, 0.25) is 0 Å². The molecule has 1 aromatic heterocycles. The zero-order valence-electron chi connectivity index (χ0n) is 9.56. The number of hydrogen-bond donors (Lipinski definition) is 1. The van der Waals surface area contributed by atoms with E-state index < -0.39 is 0 Å². The van der Waals surface area contributed by atoms with Gasteiger partial charge in [0.05, 0.1) is 20.5 Å². The normalized spacial score (nSPS) is 10.0. The van der Waals surface area contributed by atoms with Crippen LogP contribution in [0.4, 0.5) is 0 Å². The number of H-pyrrole nitrogens is 1. The fraction of sp³-hybridized carbons (Fsp3) is 0.167. The van der Waals surface area contributed by atoms with Gasteiger partial charge in [-0.25, -0.2) is 4.98 Å². The highest BCUT2D eigenvalue weighted by molar-refractivity contribution is 7.71. The molecule has 0 fully saturated rings. The molecule has 4 nitrogen and oxygen atoms in total. The summed E-state index contributed by atoms with van der Waals surface area (Å²) in [5.41, 5.74) is 1.68. The van der Waals surface area contributed by atoms with E-state index in [1.54, 1.807) is 26.7 Å². The van der Waals surface area contributed by atoms with Crippen LogP contribution in [0.1, 0.15) is 0 Å². The largest absolute Gasteiger partial charge is 0.497 e. The van der Waals surface area contributed by atoms with Crippen LogP contribution in [0.15, 0.2) is 30.7 Å². The summed E-state index contributed by atoms with van der Waals surface area (Å²) in [6.45, 7) is 0. The summed E-state index contributed by atoms with van der Waals surface area (Å²) in [6, 6.07) is 5.56. The molecule has 0 unspecified atom stereocenters. The smallest absolute Gasteiger partial charge is 0.127 e. The molecule has 17 heavy (non-hydrogen) atoms. The SMILES string of the molecule is COc1ccc(OC)c(-c2cnc[nH]c2=S)c1. The molecule has 0 aliphatic heterocycles. The van der Waals surface area contributed by atoms with E-state index in [9.17, 15) is 0 Å². The molecule has 0 aliphatic carbocycles. The number of ether oxygens (including phenoxy) is 2. The van der Waals surface area contributed by atoms with Crippen LogP contribution in [0.2, 0.25) is 0 Å². The van der Waals surface area contributed by atoms with Crippen LogP contribution in [0.3, 0.4) is 0 Å². The lowest BCUT2D eigenvalue weighted by molar-refractivity contribution is 0.404. The van der Waals surface area contributed by atoms with Crippen LogP contribution in [-0.2, 0) is 0 Å². The summed E-state index contributed by atoms with van der Waals surface area (Å²) in [7, 11) is 3.24.